The van der Waals surface area contributed by atoms with Gasteiger partial charge in [0.1, 0.15) is 6.04 Å². The van der Waals surface area contributed by atoms with Gasteiger partial charge in [-0.25, -0.2) is 14.8 Å². The van der Waals surface area contributed by atoms with E-state index in [1.54, 1.807) is 23.4 Å². The molecule has 0 spiro atoms. The summed E-state index contributed by atoms with van der Waals surface area (Å²) in [6, 6.07) is 1.25. The summed E-state index contributed by atoms with van der Waals surface area (Å²) >= 11 is 0. The molecule has 23 heavy (non-hydrogen) atoms. The van der Waals surface area contributed by atoms with Crippen molar-refractivity contribution in [1.29, 1.82) is 0 Å². The topological polar surface area (TPSA) is 89.9 Å². The molecule has 2 amide bonds. The van der Waals surface area contributed by atoms with Gasteiger partial charge >= 0.3 is 6.09 Å². The van der Waals surface area contributed by atoms with Gasteiger partial charge in [-0.1, -0.05) is 0 Å². The number of likely N-dealkylation sites (tertiary alicyclic amines) is 1. The third kappa shape index (κ3) is 3.35. The van der Waals surface area contributed by atoms with Crippen LogP contribution in [0.4, 0.5) is 10.7 Å². The smallest absolute Gasteiger partial charge is 0.407 e. The molecule has 0 radical (unpaired) electrons. The largest absolute Gasteiger partial charge is 0.465 e. The third-order valence-corrected chi connectivity index (χ3v) is 4.43. The lowest BCUT2D eigenvalue weighted by Gasteiger charge is -2.28. The lowest BCUT2D eigenvalue weighted by atomic mass is 10.2. The first-order valence-corrected chi connectivity index (χ1v) is 7.97. The Labute approximate surface area is 134 Å². The Bertz CT molecular complexity index is 567. The molecule has 8 nitrogen and oxygen atoms in total. The molecule has 0 saturated carbocycles. The molecule has 2 fully saturated rings. The van der Waals surface area contributed by atoms with E-state index in [2.05, 4.69) is 14.9 Å². The van der Waals surface area contributed by atoms with Gasteiger partial charge < -0.3 is 14.9 Å². The van der Waals surface area contributed by atoms with Crippen molar-refractivity contribution < 1.29 is 14.7 Å². The summed E-state index contributed by atoms with van der Waals surface area (Å²) in [6.45, 7) is 3.12. The quantitative estimate of drug-likeness (QED) is 0.861. The fourth-order valence-electron chi connectivity index (χ4n) is 3.26. The summed E-state index contributed by atoms with van der Waals surface area (Å²) in [6.07, 6.45) is 4.60. The average molecular weight is 319 g/mol. The Morgan fingerprint density at radius 1 is 1.04 bits per heavy atom. The highest BCUT2D eigenvalue weighted by Gasteiger charge is 2.36. The summed E-state index contributed by atoms with van der Waals surface area (Å²) < 4.78 is 0. The first-order chi connectivity index (χ1) is 11.2. The Hall–Kier alpha value is -2.38. The maximum absolute atomic E-state index is 12.7. The van der Waals surface area contributed by atoms with Gasteiger partial charge in [0, 0.05) is 45.1 Å². The number of hydrogen-bond acceptors (Lipinski definition) is 5. The SMILES string of the molecule is O=C(C1CCCN1C(=O)O)N1CCCN(c2ncccn2)CC1. The van der Waals surface area contributed by atoms with E-state index in [-0.39, 0.29) is 5.91 Å². The molecule has 3 rings (SSSR count). The number of aromatic nitrogens is 2. The Morgan fingerprint density at radius 2 is 1.83 bits per heavy atom. The second kappa shape index (κ2) is 6.80. The summed E-state index contributed by atoms with van der Waals surface area (Å²) in [4.78, 5) is 37.5. The number of anilines is 1. The van der Waals surface area contributed by atoms with E-state index >= 15 is 0 Å². The zero-order chi connectivity index (χ0) is 16.2. The van der Waals surface area contributed by atoms with E-state index in [1.807, 2.05) is 0 Å². The number of carbonyl (C=O) groups excluding carboxylic acids is 1. The number of amides is 2. The van der Waals surface area contributed by atoms with Gasteiger partial charge in [0.15, 0.2) is 0 Å². The highest BCUT2D eigenvalue weighted by atomic mass is 16.4. The van der Waals surface area contributed by atoms with Gasteiger partial charge in [-0.2, -0.15) is 0 Å². The summed E-state index contributed by atoms with van der Waals surface area (Å²) in [7, 11) is 0. The maximum atomic E-state index is 12.7. The van der Waals surface area contributed by atoms with Gasteiger partial charge in [0.2, 0.25) is 11.9 Å². The van der Waals surface area contributed by atoms with Crippen molar-refractivity contribution in [3.63, 3.8) is 0 Å². The van der Waals surface area contributed by atoms with Gasteiger partial charge in [0.05, 0.1) is 0 Å². The van der Waals surface area contributed by atoms with Crippen LogP contribution in [-0.2, 0) is 4.79 Å². The zero-order valence-corrected chi connectivity index (χ0v) is 13.0. The first-order valence-electron chi connectivity index (χ1n) is 7.97. The van der Waals surface area contributed by atoms with Gasteiger partial charge in [0.25, 0.3) is 0 Å². The van der Waals surface area contributed by atoms with Crippen molar-refractivity contribution in [1.82, 2.24) is 19.8 Å². The molecular weight excluding hydrogens is 298 g/mol. The third-order valence-electron chi connectivity index (χ3n) is 4.43. The molecule has 2 aliphatic rings. The van der Waals surface area contributed by atoms with Crippen LogP contribution in [-0.4, -0.2) is 75.6 Å². The average Bonchev–Trinajstić information content (AvgIpc) is 2.93. The predicted octanol–water partition coefficient (Wildman–Crippen LogP) is 0.658. The van der Waals surface area contributed by atoms with Crippen molar-refractivity contribution in [2.45, 2.75) is 25.3 Å². The van der Waals surface area contributed by atoms with Gasteiger partial charge in [-0.15, -0.1) is 0 Å². The predicted molar refractivity (Wildman–Crippen MR) is 83.2 cm³/mol. The molecule has 2 aliphatic heterocycles. The minimum atomic E-state index is -1.00. The number of carboxylic acid groups (broad SMARTS) is 1. The highest BCUT2D eigenvalue weighted by Crippen LogP contribution is 2.20. The number of carbonyl (C=O) groups is 2. The van der Waals surface area contributed by atoms with E-state index < -0.39 is 12.1 Å². The van der Waals surface area contributed by atoms with Crippen LogP contribution >= 0.6 is 0 Å². The molecule has 1 aromatic rings. The molecule has 0 aromatic carbocycles. The van der Waals surface area contributed by atoms with Crippen LogP contribution in [0, 0.1) is 0 Å². The second-order valence-electron chi connectivity index (χ2n) is 5.85. The fourth-order valence-corrected chi connectivity index (χ4v) is 3.26. The van der Waals surface area contributed by atoms with Crippen molar-refractivity contribution >= 4 is 17.9 Å². The first kappa shape index (κ1) is 15.5. The molecule has 8 heteroatoms. The molecule has 124 valence electrons. The Morgan fingerprint density at radius 3 is 2.57 bits per heavy atom. The summed E-state index contributed by atoms with van der Waals surface area (Å²) in [5.74, 6) is 0.607. The molecule has 1 atom stereocenters. The lowest BCUT2D eigenvalue weighted by molar-refractivity contribution is -0.135. The molecule has 1 unspecified atom stereocenters. The van der Waals surface area contributed by atoms with E-state index in [1.165, 1.54) is 4.90 Å². The Kier molecular flexibility index (Phi) is 4.59. The van der Waals surface area contributed by atoms with Crippen molar-refractivity contribution in [2.75, 3.05) is 37.6 Å². The van der Waals surface area contributed by atoms with E-state index in [4.69, 9.17) is 0 Å². The van der Waals surface area contributed by atoms with E-state index in [0.717, 1.165) is 19.4 Å². The fraction of sp³-hybridized carbons (Fsp3) is 0.600. The van der Waals surface area contributed by atoms with Gasteiger partial charge in [-0.05, 0) is 25.3 Å². The van der Waals surface area contributed by atoms with Crippen LogP contribution in [0.3, 0.4) is 0 Å². The standard InChI is InChI=1S/C15H21N5O3/c21-13(12-4-1-9-20(12)15(22)23)18-7-3-8-19(11-10-18)14-16-5-2-6-17-14/h2,5-6,12H,1,3-4,7-11H2,(H,22,23). The van der Waals surface area contributed by atoms with Crippen LogP contribution in [0.25, 0.3) is 0 Å². The molecule has 1 N–H and O–H groups in total. The van der Waals surface area contributed by atoms with Crippen LogP contribution in [0.15, 0.2) is 18.5 Å². The van der Waals surface area contributed by atoms with Crippen molar-refractivity contribution in [3.8, 4) is 0 Å². The van der Waals surface area contributed by atoms with E-state index in [9.17, 15) is 14.7 Å². The van der Waals surface area contributed by atoms with Crippen LogP contribution < -0.4 is 4.90 Å². The van der Waals surface area contributed by atoms with Crippen LogP contribution in [0.1, 0.15) is 19.3 Å². The molecular formula is C15H21N5O3. The lowest BCUT2D eigenvalue weighted by Crippen LogP contribution is -2.48. The monoisotopic (exact) mass is 319 g/mol. The molecule has 2 saturated heterocycles. The van der Waals surface area contributed by atoms with Crippen molar-refractivity contribution in [3.05, 3.63) is 18.5 Å². The Balaban J connectivity index is 1.64. The minimum absolute atomic E-state index is 0.0688. The molecule has 0 aliphatic carbocycles. The second-order valence-corrected chi connectivity index (χ2v) is 5.85. The van der Waals surface area contributed by atoms with Crippen molar-refractivity contribution in [2.24, 2.45) is 0 Å². The molecule has 3 heterocycles. The summed E-state index contributed by atoms with van der Waals surface area (Å²) in [5.41, 5.74) is 0. The van der Waals surface area contributed by atoms with Crippen LogP contribution in [0.5, 0.6) is 0 Å². The number of hydrogen-bond donors (Lipinski definition) is 1. The maximum Gasteiger partial charge on any atom is 0.407 e. The number of nitrogens with zero attached hydrogens (tertiary/aromatic N) is 5. The zero-order valence-electron chi connectivity index (χ0n) is 13.0. The molecule has 0 bridgehead atoms. The van der Waals surface area contributed by atoms with Gasteiger partial charge in [-0.3, -0.25) is 9.69 Å². The van der Waals surface area contributed by atoms with Crippen LogP contribution in [0.2, 0.25) is 0 Å². The number of rotatable bonds is 2. The summed E-state index contributed by atoms with van der Waals surface area (Å²) in [5, 5.41) is 9.21. The highest BCUT2D eigenvalue weighted by molar-refractivity contribution is 5.86. The normalized spacial score (nSPS) is 22.1. The minimum Gasteiger partial charge on any atom is -0.465 e. The molecule has 1 aromatic heterocycles. The van der Waals surface area contributed by atoms with E-state index in [0.29, 0.717) is 38.5 Å².